The zero-order valence-electron chi connectivity index (χ0n) is 14.0. The Labute approximate surface area is 147 Å². The van der Waals surface area contributed by atoms with Crippen LogP contribution in [0.3, 0.4) is 0 Å². The van der Waals surface area contributed by atoms with Crippen molar-refractivity contribution in [2.75, 3.05) is 18.5 Å². The molecule has 5 nitrogen and oxygen atoms in total. The van der Waals surface area contributed by atoms with Crippen LogP contribution in [0.2, 0.25) is 0 Å². The Morgan fingerprint density at radius 1 is 1.20 bits per heavy atom. The molecule has 1 amide bonds. The number of benzene rings is 2. The molecule has 2 N–H and O–H groups in total. The van der Waals surface area contributed by atoms with Crippen LogP contribution < -0.4 is 10.1 Å². The first-order valence-electron chi connectivity index (χ1n) is 8.02. The number of anilines is 1. The number of aliphatic hydroxyl groups is 1. The molecule has 0 aromatic heterocycles. The number of rotatable bonds is 7. The van der Waals surface area contributed by atoms with E-state index < -0.39 is 5.91 Å². The van der Waals surface area contributed by atoms with E-state index in [0.29, 0.717) is 18.7 Å². The summed E-state index contributed by atoms with van der Waals surface area (Å²) in [5, 5.41) is 20.9. The molecule has 2 aromatic rings. The zero-order chi connectivity index (χ0) is 18.1. The lowest BCUT2D eigenvalue weighted by molar-refractivity contribution is -0.112. The summed E-state index contributed by atoms with van der Waals surface area (Å²) in [5.41, 5.74) is 2.34. The Bertz CT molecular complexity index is 772. The minimum Gasteiger partial charge on any atom is -0.494 e. The standard InChI is InChI=1S/C20H20N2O3/c1-2-25-19-9-5-16(6-10-19)13-17(14-21)20(24)22-18-7-3-15(4-8-18)11-12-23/h3-10,13,23H,2,11-12H2,1H3,(H,22,24)/b17-13-. The van der Waals surface area contributed by atoms with Crippen LogP contribution in [-0.4, -0.2) is 24.2 Å². The summed E-state index contributed by atoms with van der Waals surface area (Å²) in [4.78, 5) is 12.3. The largest absolute Gasteiger partial charge is 0.494 e. The van der Waals surface area contributed by atoms with Gasteiger partial charge in [-0.3, -0.25) is 4.79 Å². The number of amides is 1. The molecule has 0 fully saturated rings. The molecule has 0 saturated heterocycles. The molecule has 0 atom stereocenters. The highest BCUT2D eigenvalue weighted by Gasteiger charge is 2.09. The fourth-order valence-corrected chi connectivity index (χ4v) is 2.22. The van der Waals surface area contributed by atoms with E-state index in [-0.39, 0.29) is 12.2 Å². The third-order valence-corrected chi connectivity index (χ3v) is 3.48. The van der Waals surface area contributed by atoms with Crippen molar-refractivity contribution in [2.24, 2.45) is 0 Å². The van der Waals surface area contributed by atoms with Crippen molar-refractivity contribution in [3.05, 3.63) is 65.2 Å². The SMILES string of the molecule is CCOc1ccc(/C=C(/C#N)C(=O)Nc2ccc(CCO)cc2)cc1. The van der Waals surface area contributed by atoms with Crippen LogP contribution in [0.1, 0.15) is 18.1 Å². The number of carbonyl (C=O) groups excluding carboxylic acids is 1. The molecule has 0 aliphatic heterocycles. The Balaban J connectivity index is 2.08. The molecule has 2 rings (SSSR count). The third kappa shape index (κ3) is 5.48. The minimum atomic E-state index is -0.466. The van der Waals surface area contributed by atoms with Crippen LogP contribution in [0.15, 0.2) is 54.1 Å². The van der Waals surface area contributed by atoms with Gasteiger partial charge in [0.15, 0.2) is 0 Å². The summed E-state index contributed by atoms with van der Waals surface area (Å²) in [6.45, 7) is 2.57. The van der Waals surface area contributed by atoms with Crippen molar-refractivity contribution in [2.45, 2.75) is 13.3 Å². The van der Waals surface area contributed by atoms with Crippen LogP contribution in [0.4, 0.5) is 5.69 Å². The van der Waals surface area contributed by atoms with Gasteiger partial charge in [-0.05, 0) is 54.8 Å². The fourth-order valence-electron chi connectivity index (χ4n) is 2.22. The minimum absolute atomic E-state index is 0.0172. The number of nitrogens with one attached hydrogen (secondary N) is 1. The van der Waals surface area contributed by atoms with E-state index in [9.17, 15) is 10.1 Å². The second kappa shape index (κ2) is 9.26. The summed E-state index contributed by atoms with van der Waals surface area (Å²) in [7, 11) is 0. The van der Waals surface area contributed by atoms with Gasteiger partial charge in [-0.15, -0.1) is 0 Å². The van der Waals surface area contributed by atoms with E-state index in [1.807, 2.05) is 25.1 Å². The maximum atomic E-state index is 12.3. The van der Waals surface area contributed by atoms with E-state index in [4.69, 9.17) is 9.84 Å². The number of nitrogens with zero attached hydrogens (tertiary/aromatic N) is 1. The number of aliphatic hydroxyl groups excluding tert-OH is 1. The smallest absolute Gasteiger partial charge is 0.266 e. The van der Waals surface area contributed by atoms with Crippen molar-refractivity contribution < 1.29 is 14.6 Å². The number of hydrogen-bond acceptors (Lipinski definition) is 4. The van der Waals surface area contributed by atoms with Gasteiger partial charge < -0.3 is 15.2 Å². The lowest BCUT2D eigenvalue weighted by atomic mass is 10.1. The lowest BCUT2D eigenvalue weighted by Gasteiger charge is -2.06. The zero-order valence-corrected chi connectivity index (χ0v) is 14.0. The van der Waals surface area contributed by atoms with E-state index in [1.54, 1.807) is 36.4 Å². The summed E-state index contributed by atoms with van der Waals surface area (Å²) >= 11 is 0. The lowest BCUT2D eigenvalue weighted by Crippen LogP contribution is -2.13. The summed E-state index contributed by atoms with van der Waals surface area (Å²) < 4.78 is 5.36. The maximum absolute atomic E-state index is 12.3. The first-order valence-corrected chi connectivity index (χ1v) is 8.02. The maximum Gasteiger partial charge on any atom is 0.266 e. The van der Waals surface area contributed by atoms with Crippen LogP contribution in [0.25, 0.3) is 6.08 Å². The molecule has 0 radical (unpaired) electrons. The first-order chi connectivity index (χ1) is 12.2. The van der Waals surface area contributed by atoms with Crippen molar-refractivity contribution in [1.82, 2.24) is 0 Å². The van der Waals surface area contributed by atoms with E-state index in [0.717, 1.165) is 16.9 Å². The topological polar surface area (TPSA) is 82.3 Å². The Kier molecular flexibility index (Phi) is 6.76. The highest BCUT2D eigenvalue weighted by atomic mass is 16.5. The first kappa shape index (κ1) is 18.2. The summed E-state index contributed by atoms with van der Waals surface area (Å²) in [6, 6.07) is 16.2. The highest BCUT2D eigenvalue weighted by molar-refractivity contribution is 6.09. The molecule has 0 heterocycles. The number of ether oxygens (including phenoxy) is 1. The van der Waals surface area contributed by atoms with E-state index in [1.165, 1.54) is 6.08 Å². The molecule has 0 aliphatic rings. The monoisotopic (exact) mass is 336 g/mol. The van der Waals surface area contributed by atoms with Gasteiger partial charge in [0.1, 0.15) is 17.4 Å². The molecule has 25 heavy (non-hydrogen) atoms. The third-order valence-electron chi connectivity index (χ3n) is 3.48. The molecule has 0 saturated carbocycles. The molecular weight excluding hydrogens is 316 g/mol. The van der Waals surface area contributed by atoms with Crippen LogP contribution in [-0.2, 0) is 11.2 Å². The van der Waals surface area contributed by atoms with Gasteiger partial charge in [0.05, 0.1) is 6.61 Å². The van der Waals surface area contributed by atoms with Gasteiger partial charge in [0.2, 0.25) is 0 Å². The van der Waals surface area contributed by atoms with Gasteiger partial charge in [-0.1, -0.05) is 24.3 Å². The van der Waals surface area contributed by atoms with Crippen LogP contribution in [0, 0.1) is 11.3 Å². The van der Waals surface area contributed by atoms with Crippen molar-refractivity contribution in [1.29, 1.82) is 5.26 Å². The van der Waals surface area contributed by atoms with Crippen LogP contribution in [0.5, 0.6) is 5.75 Å². The number of carbonyl (C=O) groups is 1. The number of hydrogen-bond donors (Lipinski definition) is 2. The summed E-state index contributed by atoms with van der Waals surface area (Å²) in [6.07, 6.45) is 2.10. The van der Waals surface area contributed by atoms with Gasteiger partial charge in [-0.25, -0.2) is 0 Å². The molecule has 0 bridgehead atoms. The van der Waals surface area contributed by atoms with Crippen LogP contribution >= 0.6 is 0 Å². The highest BCUT2D eigenvalue weighted by Crippen LogP contribution is 2.16. The van der Waals surface area contributed by atoms with Gasteiger partial charge in [0.25, 0.3) is 5.91 Å². The molecule has 5 heteroatoms. The predicted molar refractivity (Wildman–Crippen MR) is 97.1 cm³/mol. The Hall–Kier alpha value is -3.10. The molecular formula is C20H20N2O3. The second-order valence-electron chi connectivity index (χ2n) is 5.30. The second-order valence-corrected chi connectivity index (χ2v) is 5.30. The molecule has 128 valence electrons. The molecule has 0 aliphatic carbocycles. The van der Waals surface area contributed by atoms with Crippen molar-refractivity contribution in [3.8, 4) is 11.8 Å². The van der Waals surface area contributed by atoms with Gasteiger partial charge >= 0.3 is 0 Å². The van der Waals surface area contributed by atoms with E-state index >= 15 is 0 Å². The fraction of sp³-hybridized carbons (Fsp3) is 0.200. The molecule has 2 aromatic carbocycles. The van der Waals surface area contributed by atoms with E-state index in [2.05, 4.69) is 5.32 Å². The Morgan fingerprint density at radius 2 is 1.88 bits per heavy atom. The average Bonchev–Trinajstić information content (AvgIpc) is 2.63. The van der Waals surface area contributed by atoms with Crippen molar-refractivity contribution >= 4 is 17.7 Å². The van der Waals surface area contributed by atoms with Crippen molar-refractivity contribution in [3.63, 3.8) is 0 Å². The van der Waals surface area contributed by atoms with Gasteiger partial charge in [-0.2, -0.15) is 5.26 Å². The normalized spacial score (nSPS) is 10.8. The van der Waals surface area contributed by atoms with Gasteiger partial charge in [0, 0.05) is 12.3 Å². The quantitative estimate of drug-likeness (QED) is 0.601. The Morgan fingerprint density at radius 3 is 2.44 bits per heavy atom. The summed E-state index contributed by atoms with van der Waals surface area (Å²) in [5.74, 6) is 0.275. The average molecular weight is 336 g/mol. The predicted octanol–water partition coefficient (Wildman–Crippen LogP) is 3.17. The number of nitriles is 1. The molecule has 0 unspecified atom stereocenters. The molecule has 0 spiro atoms.